The minimum Gasteiger partial charge on any atom is -0.445 e. The van der Waals surface area contributed by atoms with Gasteiger partial charge in [-0.15, -0.1) is 0 Å². The van der Waals surface area contributed by atoms with Gasteiger partial charge in [-0.3, -0.25) is 4.79 Å². The van der Waals surface area contributed by atoms with Crippen molar-refractivity contribution in [1.82, 2.24) is 9.88 Å². The number of amides is 1. The van der Waals surface area contributed by atoms with Crippen molar-refractivity contribution >= 4 is 5.91 Å². The van der Waals surface area contributed by atoms with Crippen LogP contribution in [0.25, 0.3) is 0 Å². The lowest BCUT2D eigenvalue weighted by Gasteiger charge is -2.31. The second kappa shape index (κ2) is 6.75. The van der Waals surface area contributed by atoms with Gasteiger partial charge in [-0.1, -0.05) is 30.3 Å². The van der Waals surface area contributed by atoms with Crippen molar-refractivity contribution in [2.24, 2.45) is 0 Å². The minimum absolute atomic E-state index is 0.223. The summed E-state index contributed by atoms with van der Waals surface area (Å²) in [6, 6.07) is 8.97. The number of rotatable bonds is 5. The molecular formula is C17H22N2O3. The van der Waals surface area contributed by atoms with E-state index in [0.717, 1.165) is 5.56 Å². The molecule has 22 heavy (non-hydrogen) atoms. The molecule has 0 spiro atoms. The monoisotopic (exact) mass is 302 g/mol. The van der Waals surface area contributed by atoms with Crippen LogP contribution < -0.4 is 0 Å². The maximum Gasteiger partial charge on any atom is 0.276 e. The molecule has 0 unspecified atom stereocenters. The van der Waals surface area contributed by atoms with Crippen LogP contribution in [-0.4, -0.2) is 33.5 Å². The van der Waals surface area contributed by atoms with E-state index < -0.39 is 6.10 Å². The molecule has 2 rings (SSSR count). The summed E-state index contributed by atoms with van der Waals surface area (Å²) in [6.07, 6.45) is -0.751. The number of hydrogen-bond donors (Lipinski definition) is 1. The van der Waals surface area contributed by atoms with Gasteiger partial charge in [0.05, 0.1) is 12.1 Å². The smallest absolute Gasteiger partial charge is 0.276 e. The maximum atomic E-state index is 12.7. The molecule has 0 aliphatic heterocycles. The van der Waals surface area contributed by atoms with Crippen LogP contribution in [0.3, 0.4) is 0 Å². The molecule has 0 saturated heterocycles. The summed E-state index contributed by atoms with van der Waals surface area (Å²) >= 11 is 0. The molecule has 1 aromatic carbocycles. The Hall–Kier alpha value is -2.14. The Morgan fingerprint density at radius 3 is 2.45 bits per heavy atom. The van der Waals surface area contributed by atoms with E-state index >= 15 is 0 Å². The summed E-state index contributed by atoms with van der Waals surface area (Å²) in [7, 11) is 0. The van der Waals surface area contributed by atoms with Crippen LogP contribution in [-0.2, 0) is 0 Å². The molecule has 0 saturated carbocycles. The molecule has 118 valence electrons. The number of aryl methyl sites for hydroxylation is 2. The number of benzene rings is 1. The van der Waals surface area contributed by atoms with Crippen molar-refractivity contribution in [2.45, 2.75) is 39.8 Å². The van der Waals surface area contributed by atoms with Gasteiger partial charge < -0.3 is 14.4 Å². The maximum absolute atomic E-state index is 12.7. The molecular weight excluding hydrogens is 280 g/mol. The molecule has 0 aliphatic carbocycles. The first kappa shape index (κ1) is 16.2. The van der Waals surface area contributed by atoms with Crippen LogP contribution in [0.2, 0.25) is 0 Å². The lowest BCUT2D eigenvalue weighted by molar-refractivity contribution is 0.0414. The first-order valence-corrected chi connectivity index (χ1v) is 7.43. The molecule has 1 N–H and O–H groups in total. The largest absolute Gasteiger partial charge is 0.445 e. The average molecular weight is 302 g/mol. The van der Waals surface area contributed by atoms with Gasteiger partial charge in [-0.25, -0.2) is 4.98 Å². The lowest BCUT2D eigenvalue weighted by atomic mass is 10.0. The summed E-state index contributed by atoms with van der Waals surface area (Å²) in [5, 5.41) is 10.5. The zero-order chi connectivity index (χ0) is 16.3. The molecule has 2 atom stereocenters. The predicted molar refractivity (Wildman–Crippen MR) is 83.6 cm³/mol. The van der Waals surface area contributed by atoms with Gasteiger partial charge in [0.15, 0.2) is 11.6 Å². The second-order valence-corrected chi connectivity index (χ2v) is 5.32. The standard InChI is InChI=1S/C17H22N2O3/c1-5-19(17(21)15-12(3)22-13(4)18-15)11(2)16(20)14-9-7-6-8-10-14/h6-11,16,20H,5H2,1-4H3/t11-,16+/m0/s1. The lowest BCUT2D eigenvalue weighted by Crippen LogP contribution is -2.42. The highest BCUT2D eigenvalue weighted by molar-refractivity contribution is 5.93. The van der Waals surface area contributed by atoms with E-state index in [1.807, 2.05) is 44.2 Å². The molecule has 0 bridgehead atoms. The topological polar surface area (TPSA) is 66.6 Å². The van der Waals surface area contributed by atoms with Crippen molar-refractivity contribution in [2.75, 3.05) is 6.54 Å². The zero-order valence-corrected chi connectivity index (χ0v) is 13.4. The van der Waals surface area contributed by atoms with Crippen LogP contribution in [0.15, 0.2) is 34.7 Å². The minimum atomic E-state index is -0.751. The van der Waals surface area contributed by atoms with Crippen molar-refractivity contribution in [3.63, 3.8) is 0 Å². The quantitative estimate of drug-likeness (QED) is 0.922. The van der Waals surface area contributed by atoms with E-state index in [-0.39, 0.29) is 11.9 Å². The highest BCUT2D eigenvalue weighted by Crippen LogP contribution is 2.23. The molecule has 1 heterocycles. The van der Waals surface area contributed by atoms with Gasteiger partial charge in [0.1, 0.15) is 5.76 Å². The fraction of sp³-hybridized carbons (Fsp3) is 0.412. The molecule has 1 aromatic heterocycles. The molecule has 0 radical (unpaired) electrons. The number of hydrogen-bond acceptors (Lipinski definition) is 4. The number of nitrogens with zero attached hydrogens (tertiary/aromatic N) is 2. The fourth-order valence-corrected chi connectivity index (χ4v) is 2.58. The van der Waals surface area contributed by atoms with Crippen LogP contribution in [0, 0.1) is 13.8 Å². The number of oxazole rings is 1. The van der Waals surface area contributed by atoms with Crippen molar-refractivity contribution in [3.05, 3.63) is 53.2 Å². The number of carbonyl (C=O) groups is 1. The number of aromatic nitrogens is 1. The van der Waals surface area contributed by atoms with E-state index in [2.05, 4.69) is 4.98 Å². The molecule has 5 nitrogen and oxygen atoms in total. The van der Waals surface area contributed by atoms with E-state index in [0.29, 0.717) is 23.9 Å². The van der Waals surface area contributed by atoms with Gasteiger partial charge in [0, 0.05) is 13.5 Å². The number of likely N-dealkylation sites (N-methyl/N-ethyl adjacent to an activating group) is 1. The summed E-state index contributed by atoms with van der Waals surface area (Å²) in [5.74, 6) is 0.745. The van der Waals surface area contributed by atoms with Crippen LogP contribution in [0.4, 0.5) is 0 Å². The van der Waals surface area contributed by atoms with E-state index in [9.17, 15) is 9.90 Å². The summed E-state index contributed by atoms with van der Waals surface area (Å²) in [5.41, 5.74) is 1.10. The van der Waals surface area contributed by atoms with E-state index in [1.165, 1.54) is 0 Å². The molecule has 0 fully saturated rings. The van der Waals surface area contributed by atoms with Crippen LogP contribution in [0.5, 0.6) is 0 Å². The molecule has 1 amide bonds. The zero-order valence-electron chi connectivity index (χ0n) is 13.4. The molecule has 2 aromatic rings. The highest BCUT2D eigenvalue weighted by Gasteiger charge is 2.29. The third-order valence-corrected chi connectivity index (χ3v) is 3.80. The van der Waals surface area contributed by atoms with Gasteiger partial charge in [0.25, 0.3) is 5.91 Å². The van der Waals surface area contributed by atoms with Crippen LogP contribution >= 0.6 is 0 Å². The predicted octanol–water partition coefficient (Wildman–Crippen LogP) is 2.88. The van der Waals surface area contributed by atoms with Crippen LogP contribution in [0.1, 0.15) is 47.7 Å². The summed E-state index contributed by atoms with van der Waals surface area (Å²) < 4.78 is 5.33. The fourth-order valence-electron chi connectivity index (χ4n) is 2.58. The van der Waals surface area contributed by atoms with Gasteiger partial charge >= 0.3 is 0 Å². The van der Waals surface area contributed by atoms with E-state index in [4.69, 9.17) is 4.42 Å². The van der Waals surface area contributed by atoms with E-state index in [1.54, 1.807) is 18.7 Å². The number of carbonyl (C=O) groups excluding carboxylic acids is 1. The second-order valence-electron chi connectivity index (χ2n) is 5.32. The third kappa shape index (κ3) is 3.20. The Balaban J connectivity index is 2.23. The van der Waals surface area contributed by atoms with Gasteiger partial charge in [-0.2, -0.15) is 0 Å². The first-order valence-electron chi connectivity index (χ1n) is 7.43. The molecule has 5 heteroatoms. The molecule has 0 aliphatic rings. The Labute approximate surface area is 130 Å². The first-order chi connectivity index (χ1) is 10.5. The Bertz CT molecular complexity index is 637. The Kier molecular flexibility index (Phi) is 4.98. The normalized spacial score (nSPS) is 13.7. The van der Waals surface area contributed by atoms with Crippen molar-refractivity contribution in [1.29, 1.82) is 0 Å². The Morgan fingerprint density at radius 1 is 1.32 bits per heavy atom. The Morgan fingerprint density at radius 2 is 1.95 bits per heavy atom. The SMILES string of the molecule is CCN(C(=O)c1nc(C)oc1C)[C@@H](C)[C@@H](O)c1ccccc1. The summed E-state index contributed by atoms with van der Waals surface area (Å²) in [6.45, 7) is 7.63. The van der Waals surface area contributed by atoms with Crippen molar-refractivity contribution in [3.8, 4) is 0 Å². The van der Waals surface area contributed by atoms with Crippen molar-refractivity contribution < 1.29 is 14.3 Å². The highest BCUT2D eigenvalue weighted by atomic mass is 16.4. The summed E-state index contributed by atoms with van der Waals surface area (Å²) in [4.78, 5) is 18.4. The number of aliphatic hydroxyl groups excluding tert-OH is 1. The average Bonchev–Trinajstić information content (AvgIpc) is 2.86. The van der Waals surface area contributed by atoms with Gasteiger partial charge in [0.2, 0.25) is 0 Å². The number of aliphatic hydroxyl groups is 1. The van der Waals surface area contributed by atoms with Gasteiger partial charge in [-0.05, 0) is 26.3 Å². The third-order valence-electron chi connectivity index (χ3n) is 3.80.